The standard InChI is InChI=1S/C16H22Cl2N2O/c1-2-11-6-8-12(9-7-11)19-10-15(21)20-16-13(17)4-3-5-14(16)18/h3-5,11-12,19H,2,6-10H2,1H3,(H,20,21). The summed E-state index contributed by atoms with van der Waals surface area (Å²) in [5, 5.41) is 7.02. The maximum atomic E-state index is 12.0. The number of carbonyl (C=O) groups excluding carboxylic acids is 1. The van der Waals surface area contributed by atoms with Crippen molar-refractivity contribution >= 4 is 34.8 Å². The van der Waals surface area contributed by atoms with Crippen molar-refractivity contribution in [2.45, 2.75) is 45.1 Å². The molecule has 0 unspecified atom stereocenters. The first-order valence-corrected chi connectivity index (χ1v) is 8.33. The lowest BCUT2D eigenvalue weighted by Gasteiger charge is -2.28. The molecular weight excluding hydrogens is 307 g/mol. The Balaban J connectivity index is 1.78. The van der Waals surface area contributed by atoms with Crippen LogP contribution in [-0.4, -0.2) is 18.5 Å². The fraction of sp³-hybridized carbons (Fsp3) is 0.562. The van der Waals surface area contributed by atoms with Crippen molar-refractivity contribution in [2.24, 2.45) is 5.92 Å². The molecule has 1 saturated carbocycles. The highest BCUT2D eigenvalue weighted by Gasteiger charge is 2.20. The summed E-state index contributed by atoms with van der Waals surface area (Å²) in [4.78, 5) is 12.0. The third-order valence-electron chi connectivity index (χ3n) is 4.20. The van der Waals surface area contributed by atoms with Gasteiger partial charge in [0.2, 0.25) is 5.91 Å². The van der Waals surface area contributed by atoms with Crippen LogP contribution in [0, 0.1) is 5.92 Å². The number of benzene rings is 1. The molecule has 0 aliphatic heterocycles. The Hall–Kier alpha value is -0.770. The lowest BCUT2D eigenvalue weighted by atomic mass is 9.84. The van der Waals surface area contributed by atoms with Crippen LogP contribution in [0.3, 0.4) is 0 Å². The Kier molecular flexibility index (Phi) is 6.34. The van der Waals surface area contributed by atoms with Crippen LogP contribution in [0.15, 0.2) is 18.2 Å². The van der Waals surface area contributed by atoms with Crippen LogP contribution in [-0.2, 0) is 4.79 Å². The molecule has 0 heterocycles. The van der Waals surface area contributed by atoms with Gasteiger partial charge in [0.1, 0.15) is 0 Å². The molecule has 21 heavy (non-hydrogen) atoms. The van der Waals surface area contributed by atoms with E-state index in [0.717, 1.165) is 18.8 Å². The summed E-state index contributed by atoms with van der Waals surface area (Å²) in [6.07, 6.45) is 6.08. The van der Waals surface area contributed by atoms with Gasteiger partial charge in [-0.05, 0) is 43.7 Å². The zero-order chi connectivity index (χ0) is 15.2. The Bertz CT molecular complexity index is 465. The average molecular weight is 329 g/mol. The predicted molar refractivity (Wildman–Crippen MR) is 89.1 cm³/mol. The lowest BCUT2D eigenvalue weighted by Crippen LogP contribution is -2.38. The lowest BCUT2D eigenvalue weighted by molar-refractivity contribution is -0.115. The molecule has 0 aromatic heterocycles. The maximum absolute atomic E-state index is 12.0. The molecule has 0 spiro atoms. The number of nitrogens with one attached hydrogen (secondary N) is 2. The van der Waals surface area contributed by atoms with E-state index < -0.39 is 0 Å². The number of rotatable bonds is 5. The quantitative estimate of drug-likeness (QED) is 0.836. The van der Waals surface area contributed by atoms with Gasteiger partial charge >= 0.3 is 0 Å². The summed E-state index contributed by atoms with van der Waals surface area (Å²) in [6.45, 7) is 2.54. The monoisotopic (exact) mass is 328 g/mol. The molecule has 3 nitrogen and oxygen atoms in total. The van der Waals surface area contributed by atoms with Crippen LogP contribution in [0.2, 0.25) is 10.0 Å². The number of hydrogen-bond acceptors (Lipinski definition) is 2. The third-order valence-corrected chi connectivity index (χ3v) is 4.83. The van der Waals surface area contributed by atoms with E-state index in [9.17, 15) is 4.79 Å². The van der Waals surface area contributed by atoms with Gasteiger partial charge in [0, 0.05) is 6.04 Å². The third kappa shape index (κ3) is 4.87. The summed E-state index contributed by atoms with van der Waals surface area (Å²) in [5.74, 6) is 0.751. The number of carbonyl (C=O) groups is 1. The molecule has 2 N–H and O–H groups in total. The van der Waals surface area contributed by atoms with E-state index in [0.29, 0.717) is 28.3 Å². The minimum Gasteiger partial charge on any atom is -0.322 e. The van der Waals surface area contributed by atoms with Gasteiger partial charge in [-0.2, -0.15) is 0 Å². The molecular formula is C16H22Cl2N2O. The van der Waals surface area contributed by atoms with Gasteiger partial charge in [0.05, 0.1) is 22.3 Å². The Morgan fingerprint density at radius 2 is 1.81 bits per heavy atom. The molecule has 1 fully saturated rings. The average Bonchev–Trinajstić information content (AvgIpc) is 2.49. The maximum Gasteiger partial charge on any atom is 0.238 e. The zero-order valence-electron chi connectivity index (χ0n) is 12.3. The first kappa shape index (κ1) is 16.6. The SMILES string of the molecule is CCC1CCC(NCC(=O)Nc2c(Cl)cccc2Cl)CC1. The number of anilines is 1. The molecule has 1 amide bonds. The van der Waals surface area contributed by atoms with Crippen LogP contribution >= 0.6 is 23.2 Å². The van der Waals surface area contributed by atoms with Crippen molar-refractivity contribution in [1.82, 2.24) is 5.32 Å². The largest absolute Gasteiger partial charge is 0.322 e. The highest BCUT2D eigenvalue weighted by Crippen LogP contribution is 2.30. The predicted octanol–water partition coefficient (Wildman–Crippen LogP) is 4.49. The minimum absolute atomic E-state index is 0.109. The molecule has 0 bridgehead atoms. The van der Waals surface area contributed by atoms with Crippen molar-refractivity contribution in [2.75, 3.05) is 11.9 Å². The molecule has 0 saturated heterocycles. The molecule has 0 atom stereocenters. The summed E-state index contributed by atoms with van der Waals surface area (Å²) in [7, 11) is 0. The molecule has 116 valence electrons. The van der Waals surface area contributed by atoms with Gasteiger partial charge in [-0.15, -0.1) is 0 Å². The van der Waals surface area contributed by atoms with Gasteiger partial charge in [-0.1, -0.05) is 42.6 Å². The summed E-state index contributed by atoms with van der Waals surface area (Å²) in [6, 6.07) is 5.62. The zero-order valence-corrected chi connectivity index (χ0v) is 13.8. The van der Waals surface area contributed by atoms with Crippen molar-refractivity contribution < 1.29 is 4.79 Å². The molecule has 1 aliphatic carbocycles. The van der Waals surface area contributed by atoms with E-state index in [1.165, 1.54) is 19.3 Å². The Morgan fingerprint density at radius 1 is 1.19 bits per heavy atom. The number of hydrogen-bond donors (Lipinski definition) is 2. The second-order valence-corrected chi connectivity index (χ2v) is 6.47. The first-order valence-electron chi connectivity index (χ1n) is 7.57. The number of para-hydroxylation sites is 1. The van der Waals surface area contributed by atoms with Crippen molar-refractivity contribution in [1.29, 1.82) is 0 Å². The normalized spacial score (nSPS) is 22.0. The van der Waals surface area contributed by atoms with Gasteiger partial charge < -0.3 is 10.6 Å². The van der Waals surface area contributed by atoms with Crippen LogP contribution in [0.4, 0.5) is 5.69 Å². The number of halogens is 2. The van der Waals surface area contributed by atoms with E-state index in [1.54, 1.807) is 18.2 Å². The second-order valence-electron chi connectivity index (χ2n) is 5.65. The summed E-state index contributed by atoms with van der Waals surface area (Å²) < 4.78 is 0. The van der Waals surface area contributed by atoms with E-state index in [-0.39, 0.29) is 5.91 Å². The fourth-order valence-corrected chi connectivity index (χ4v) is 3.30. The van der Waals surface area contributed by atoms with Gasteiger partial charge in [-0.3, -0.25) is 4.79 Å². The second kappa shape index (κ2) is 8.02. The molecule has 5 heteroatoms. The highest BCUT2D eigenvalue weighted by molar-refractivity contribution is 6.39. The molecule has 2 rings (SSSR count). The molecule has 1 aliphatic rings. The van der Waals surface area contributed by atoms with E-state index in [2.05, 4.69) is 17.6 Å². The van der Waals surface area contributed by atoms with Crippen LogP contribution in [0.5, 0.6) is 0 Å². The molecule has 1 aromatic rings. The van der Waals surface area contributed by atoms with Gasteiger partial charge in [-0.25, -0.2) is 0 Å². The highest BCUT2D eigenvalue weighted by atomic mass is 35.5. The van der Waals surface area contributed by atoms with Crippen molar-refractivity contribution in [3.8, 4) is 0 Å². The van der Waals surface area contributed by atoms with Crippen LogP contribution in [0.1, 0.15) is 39.0 Å². The van der Waals surface area contributed by atoms with E-state index in [4.69, 9.17) is 23.2 Å². The Labute approximate surface area is 136 Å². The van der Waals surface area contributed by atoms with Gasteiger partial charge in [0.15, 0.2) is 0 Å². The van der Waals surface area contributed by atoms with Crippen molar-refractivity contribution in [3.63, 3.8) is 0 Å². The summed E-state index contributed by atoms with van der Waals surface area (Å²) >= 11 is 12.1. The van der Waals surface area contributed by atoms with E-state index >= 15 is 0 Å². The smallest absolute Gasteiger partial charge is 0.238 e. The summed E-state index contributed by atoms with van der Waals surface area (Å²) in [5.41, 5.74) is 0.488. The fourth-order valence-electron chi connectivity index (χ4n) is 2.81. The van der Waals surface area contributed by atoms with Crippen molar-refractivity contribution in [3.05, 3.63) is 28.2 Å². The molecule has 1 aromatic carbocycles. The molecule has 0 radical (unpaired) electrons. The van der Waals surface area contributed by atoms with Crippen LogP contribution in [0.25, 0.3) is 0 Å². The van der Waals surface area contributed by atoms with Crippen LogP contribution < -0.4 is 10.6 Å². The topological polar surface area (TPSA) is 41.1 Å². The number of amides is 1. The van der Waals surface area contributed by atoms with E-state index in [1.807, 2.05) is 0 Å². The van der Waals surface area contributed by atoms with Gasteiger partial charge in [0.25, 0.3) is 0 Å². The minimum atomic E-state index is -0.109. The Morgan fingerprint density at radius 3 is 2.38 bits per heavy atom. The first-order chi connectivity index (χ1) is 10.1.